The minimum absolute atomic E-state index is 0.0170. The van der Waals surface area contributed by atoms with Crippen LogP contribution < -0.4 is 10.6 Å². The van der Waals surface area contributed by atoms with E-state index < -0.39 is 5.72 Å². The van der Waals surface area contributed by atoms with Gasteiger partial charge in [-0.3, -0.25) is 5.32 Å². The molecule has 1 aliphatic heterocycles. The first-order valence-corrected chi connectivity index (χ1v) is 11.3. The lowest BCUT2D eigenvalue weighted by molar-refractivity contribution is -0.0987. The van der Waals surface area contributed by atoms with Crippen molar-refractivity contribution in [3.05, 3.63) is 102 Å². The van der Waals surface area contributed by atoms with E-state index in [1.807, 2.05) is 59.3 Å². The SMILES string of the molecule is CO[C@]1(c2ccccc2)NCC(n2nnnc2-c2ccccc2)C[C@@H]1NCc1ccccc1. The van der Waals surface area contributed by atoms with Gasteiger partial charge in [-0.15, -0.1) is 5.10 Å². The first-order chi connectivity index (χ1) is 16.3. The molecule has 7 nitrogen and oxygen atoms in total. The highest BCUT2D eigenvalue weighted by Crippen LogP contribution is 2.36. The number of benzene rings is 3. The molecule has 168 valence electrons. The van der Waals surface area contributed by atoms with E-state index in [1.54, 1.807) is 7.11 Å². The molecule has 3 aromatic carbocycles. The molecule has 5 rings (SSSR count). The number of piperidine rings is 1. The van der Waals surface area contributed by atoms with Gasteiger partial charge in [-0.2, -0.15) is 0 Å². The van der Waals surface area contributed by atoms with Crippen LogP contribution in [0.1, 0.15) is 23.6 Å². The van der Waals surface area contributed by atoms with Crippen molar-refractivity contribution in [3.8, 4) is 11.4 Å². The molecule has 4 aromatic rings. The van der Waals surface area contributed by atoms with E-state index >= 15 is 0 Å². The standard InChI is InChI=1S/C26H28N6O/c1-33-26(22-15-9-4-10-16-22)24(27-18-20-11-5-2-6-12-20)17-23(19-28-26)32-25(29-30-31-32)21-13-7-3-8-14-21/h2-16,23-24,27-28H,17-19H2,1H3/t23?,24-,26-/m0/s1. The number of nitrogens with zero attached hydrogens (tertiary/aromatic N) is 4. The molecule has 2 heterocycles. The molecule has 3 atom stereocenters. The van der Waals surface area contributed by atoms with Gasteiger partial charge in [0.2, 0.25) is 0 Å². The largest absolute Gasteiger partial charge is 0.358 e. The topological polar surface area (TPSA) is 76.9 Å². The Balaban J connectivity index is 1.46. The molecule has 2 N–H and O–H groups in total. The van der Waals surface area contributed by atoms with Crippen LogP contribution in [0.3, 0.4) is 0 Å². The predicted molar refractivity (Wildman–Crippen MR) is 127 cm³/mol. The maximum atomic E-state index is 6.21. The molecule has 33 heavy (non-hydrogen) atoms. The summed E-state index contributed by atoms with van der Waals surface area (Å²) in [6, 6.07) is 30.9. The lowest BCUT2D eigenvalue weighted by atomic mass is 9.85. The van der Waals surface area contributed by atoms with Crippen molar-refractivity contribution in [3.63, 3.8) is 0 Å². The summed E-state index contributed by atoms with van der Waals surface area (Å²) in [5.41, 5.74) is 2.66. The fourth-order valence-electron chi connectivity index (χ4n) is 4.70. The third-order valence-corrected chi connectivity index (χ3v) is 6.39. The Labute approximate surface area is 193 Å². The van der Waals surface area contributed by atoms with Crippen LogP contribution in [0.25, 0.3) is 11.4 Å². The van der Waals surface area contributed by atoms with Gasteiger partial charge in [0.05, 0.1) is 12.1 Å². The van der Waals surface area contributed by atoms with Crippen molar-refractivity contribution in [1.82, 2.24) is 30.8 Å². The average Bonchev–Trinajstić information content (AvgIpc) is 3.39. The molecule has 0 aliphatic carbocycles. The second-order valence-corrected chi connectivity index (χ2v) is 8.31. The van der Waals surface area contributed by atoms with Crippen LogP contribution in [-0.4, -0.2) is 39.9 Å². The van der Waals surface area contributed by atoms with Crippen LogP contribution in [-0.2, 0) is 17.0 Å². The smallest absolute Gasteiger partial charge is 0.182 e. The minimum atomic E-state index is -0.659. The summed E-state index contributed by atoms with van der Waals surface area (Å²) in [6.45, 7) is 1.41. The molecule has 1 saturated heterocycles. The van der Waals surface area contributed by atoms with E-state index in [-0.39, 0.29) is 12.1 Å². The number of hydrogen-bond acceptors (Lipinski definition) is 6. The van der Waals surface area contributed by atoms with E-state index in [0.717, 1.165) is 29.9 Å². The first kappa shape index (κ1) is 21.5. The Morgan fingerprint density at radius 3 is 2.33 bits per heavy atom. The van der Waals surface area contributed by atoms with Crippen molar-refractivity contribution in [2.45, 2.75) is 30.8 Å². The molecule has 0 spiro atoms. The van der Waals surface area contributed by atoms with Crippen molar-refractivity contribution in [2.75, 3.05) is 13.7 Å². The van der Waals surface area contributed by atoms with Crippen LogP contribution in [0, 0.1) is 0 Å². The molecule has 1 aliphatic rings. The van der Waals surface area contributed by atoms with E-state index in [4.69, 9.17) is 4.74 Å². The van der Waals surface area contributed by atoms with Crippen molar-refractivity contribution in [1.29, 1.82) is 0 Å². The number of rotatable bonds is 7. The van der Waals surface area contributed by atoms with Crippen LogP contribution in [0.2, 0.25) is 0 Å². The van der Waals surface area contributed by atoms with Crippen LogP contribution in [0.5, 0.6) is 0 Å². The van der Waals surface area contributed by atoms with Gasteiger partial charge in [0.1, 0.15) is 0 Å². The molecule has 1 fully saturated rings. The molecule has 1 unspecified atom stereocenters. The van der Waals surface area contributed by atoms with Gasteiger partial charge in [0.25, 0.3) is 0 Å². The van der Waals surface area contributed by atoms with Crippen LogP contribution >= 0.6 is 0 Å². The predicted octanol–water partition coefficient (Wildman–Crippen LogP) is 3.53. The maximum Gasteiger partial charge on any atom is 0.182 e. The van der Waals surface area contributed by atoms with Gasteiger partial charge >= 0.3 is 0 Å². The quantitative estimate of drug-likeness (QED) is 0.458. The van der Waals surface area contributed by atoms with E-state index in [9.17, 15) is 0 Å². The van der Waals surface area contributed by atoms with E-state index in [1.165, 1.54) is 5.56 Å². The monoisotopic (exact) mass is 440 g/mol. The zero-order chi connectivity index (χ0) is 22.5. The van der Waals surface area contributed by atoms with Gasteiger partial charge in [-0.1, -0.05) is 91.0 Å². The third-order valence-electron chi connectivity index (χ3n) is 6.39. The van der Waals surface area contributed by atoms with Crippen LogP contribution in [0.15, 0.2) is 91.0 Å². The molecule has 1 aromatic heterocycles. The molecule has 0 amide bonds. The first-order valence-electron chi connectivity index (χ1n) is 11.3. The fraction of sp³-hybridized carbons (Fsp3) is 0.269. The van der Waals surface area contributed by atoms with E-state index in [0.29, 0.717) is 6.54 Å². The second-order valence-electron chi connectivity index (χ2n) is 8.31. The Morgan fingerprint density at radius 1 is 0.970 bits per heavy atom. The number of tetrazole rings is 1. The fourth-order valence-corrected chi connectivity index (χ4v) is 4.70. The summed E-state index contributed by atoms with van der Waals surface area (Å²) in [5, 5.41) is 20.1. The molecular formula is C26H28N6O. The van der Waals surface area contributed by atoms with Gasteiger partial charge < -0.3 is 10.1 Å². The normalized spacial score (nSPS) is 22.8. The minimum Gasteiger partial charge on any atom is -0.358 e. The zero-order valence-corrected chi connectivity index (χ0v) is 18.6. The lowest BCUT2D eigenvalue weighted by Crippen LogP contribution is -2.63. The number of hydrogen-bond donors (Lipinski definition) is 2. The van der Waals surface area contributed by atoms with Crippen molar-refractivity contribution >= 4 is 0 Å². The zero-order valence-electron chi connectivity index (χ0n) is 18.6. The highest BCUT2D eigenvalue weighted by Gasteiger charge is 2.46. The Bertz CT molecular complexity index is 1150. The Hall–Kier alpha value is -3.39. The average molecular weight is 441 g/mol. The highest BCUT2D eigenvalue weighted by molar-refractivity contribution is 5.54. The van der Waals surface area contributed by atoms with E-state index in [2.05, 4.69) is 62.6 Å². The third kappa shape index (κ3) is 4.30. The van der Waals surface area contributed by atoms with Gasteiger partial charge in [0, 0.05) is 31.3 Å². The summed E-state index contributed by atoms with van der Waals surface area (Å²) >= 11 is 0. The summed E-state index contributed by atoms with van der Waals surface area (Å²) in [6.07, 6.45) is 0.799. The van der Waals surface area contributed by atoms with Gasteiger partial charge in [-0.05, 0) is 22.4 Å². The summed E-state index contributed by atoms with van der Waals surface area (Å²) in [7, 11) is 1.77. The van der Waals surface area contributed by atoms with Gasteiger partial charge in [-0.25, -0.2) is 4.68 Å². The lowest BCUT2D eigenvalue weighted by Gasteiger charge is -2.47. The number of aromatic nitrogens is 4. The second kappa shape index (κ2) is 9.62. The van der Waals surface area contributed by atoms with Crippen molar-refractivity contribution in [2.24, 2.45) is 0 Å². The molecule has 0 bridgehead atoms. The Kier molecular flexibility index (Phi) is 6.26. The highest BCUT2D eigenvalue weighted by atomic mass is 16.5. The maximum absolute atomic E-state index is 6.21. The summed E-state index contributed by atoms with van der Waals surface area (Å²) in [4.78, 5) is 0. The molecular weight excluding hydrogens is 412 g/mol. The molecule has 0 radical (unpaired) electrons. The molecule has 7 heteroatoms. The number of ether oxygens (including phenoxy) is 1. The van der Waals surface area contributed by atoms with Crippen molar-refractivity contribution < 1.29 is 4.74 Å². The Morgan fingerprint density at radius 2 is 1.64 bits per heavy atom. The van der Waals surface area contributed by atoms with Gasteiger partial charge in [0.15, 0.2) is 11.5 Å². The molecule has 0 saturated carbocycles. The number of methoxy groups -OCH3 is 1. The van der Waals surface area contributed by atoms with Crippen LogP contribution in [0.4, 0.5) is 0 Å². The number of nitrogens with one attached hydrogen (secondary N) is 2. The summed E-state index contributed by atoms with van der Waals surface area (Å²) in [5.74, 6) is 0.772. The summed E-state index contributed by atoms with van der Waals surface area (Å²) < 4.78 is 8.15.